The predicted octanol–water partition coefficient (Wildman–Crippen LogP) is 31.5. The van der Waals surface area contributed by atoms with Gasteiger partial charge < -0.3 is 23.5 Å². The van der Waals surface area contributed by atoms with Gasteiger partial charge in [0.1, 0.15) is 11.5 Å². The standard InChI is InChI=1S/C22H27NO.C21H25NO.C18H25NO.C17H23NO.C16H24O2.C15H21NO.C14H24/c1-16(2)10-6-4-5-7-15-23-17(3)19-13-8-11-18-12-9-14-20(21(18)19)22(23)24;1-15(2)9-5-4-6-14-22-16(3)18-12-7-10-17-11-8-13-19(20(17)18)21(22)23;1-14(2)10-6-4-5-9-13-19-15(3)16-11-7-8-12-17(16)18(19)20;1-12(2)14-6-8-15(9-7-14)18-13(3)10-17(4,5)11-16(18)19;1-13(2)7-5-4-6-12-18-16-10-8-15(9-11-16)14(3)17;1-13(2)6-4-3-5-11-17-15-9-7-14(12-16)8-10-15;1-10(2)6-14-7-11-3-12(8-14)5-13(4-11)9-14/h8-9,11-14,16H,3-7,10,15H2,1-2H3;7-8,10-13,15H,3-6,9,14H2,1-2H3;7-8,11-12,14H,3-6,9-10,13H2,1-2H3;6-9,12H,3,10-11H2,1-2,4-5H3;8-11,13H,4-7,12H2,1-3H3;7-10,13H,3-6,11H2,1-2H3;10-13H,3-9H2,1-2H3. The van der Waals surface area contributed by atoms with E-state index in [1.165, 1.54) is 121 Å². The molecule has 12 nitrogen and oxygen atoms in total. The van der Waals surface area contributed by atoms with Crippen LogP contribution in [0.3, 0.4) is 0 Å². The Morgan fingerprint density at radius 2 is 0.815 bits per heavy atom. The van der Waals surface area contributed by atoms with Gasteiger partial charge in [-0.2, -0.15) is 5.26 Å². The van der Waals surface area contributed by atoms with Crippen molar-refractivity contribution >= 4 is 85.2 Å². The Labute approximate surface area is 813 Å². The number of nitrogens with zero attached hydrogens (tertiary/aromatic N) is 5. The van der Waals surface area contributed by atoms with Crippen molar-refractivity contribution in [1.29, 1.82) is 5.26 Å². The molecule has 2 amide bonds. The highest BCUT2D eigenvalue weighted by Gasteiger charge is 2.50. The minimum atomic E-state index is 0.0303. The molecule has 4 saturated carbocycles. The van der Waals surface area contributed by atoms with Crippen molar-refractivity contribution in [2.24, 2.45) is 64.1 Å². The molecule has 8 aromatic carbocycles. The number of hydrogen-bond donors (Lipinski definition) is 0. The highest BCUT2D eigenvalue weighted by atomic mass is 16.5. The number of pyridine rings is 2. The molecule has 0 radical (unpaired) electrons. The molecular weight excluding hydrogens is 1660 g/mol. The number of Topliss-reactive ketones (excluding diaryl/α,β-unsaturated/α-hetero) is 1. The number of unbranched alkanes of at least 4 members (excludes halogenated alkanes) is 12. The summed E-state index contributed by atoms with van der Waals surface area (Å²) in [6.45, 7) is 58.0. The molecule has 1 saturated heterocycles. The summed E-state index contributed by atoms with van der Waals surface area (Å²) >= 11 is 0. The number of piperidine rings is 1. The maximum Gasteiger partial charge on any atom is 0.258 e. The van der Waals surface area contributed by atoms with Crippen LogP contribution in [0.25, 0.3) is 61.9 Å². The highest BCUT2D eigenvalue weighted by molar-refractivity contribution is 6.11. The largest absolute Gasteiger partial charge is 0.494 e. The Kier molecular flexibility index (Phi) is 43.5. The summed E-state index contributed by atoms with van der Waals surface area (Å²) in [5.74, 6) is 10.8. The first-order valence-corrected chi connectivity index (χ1v) is 52.2. The molecule has 6 aliphatic rings. The topological polar surface area (TPSA) is 144 Å². The lowest BCUT2D eigenvalue weighted by Crippen LogP contribution is -2.46. The third-order valence-corrected chi connectivity index (χ3v) is 27.9. The lowest BCUT2D eigenvalue weighted by atomic mass is 9.48. The Balaban J connectivity index is 0.000000178. The van der Waals surface area contributed by atoms with E-state index in [0.717, 1.165) is 229 Å². The molecule has 4 bridgehead atoms. The van der Waals surface area contributed by atoms with E-state index >= 15 is 0 Å². The van der Waals surface area contributed by atoms with E-state index < -0.39 is 0 Å². The van der Waals surface area contributed by atoms with Gasteiger partial charge in [-0.05, 0) is 256 Å². The number of nitriles is 1. The maximum atomic E-state index is 12.9. The SMILES string of the molecule is C=C1CC(C)(C)CC(=O)N1c1ccc(C(C)C)cc1.C=C1c2ccccc2C(=O)N1CCCCCCC(C)C.C=c1c2cccc3cccc(c(=O)n1CCCCCC(C)C)c32.C=c1c2cccc3cccc(c(=O)n1CCCCCCC(C)C)c32.CC(=O)c1ccc(OCCCCCC(C)C)cc1.CC(C)CC12CC3CC(CC(C3)C1)C2.CC(C)CCCCCOc1ccc(C#N)cc1. The zero-order valence-electron chi connectivity index (χ0n) is 86.3. The van der Waals surface area contributed by atoms with Gasteiger partial charge in [-0.15, -0.1) is 0 Å². The minimum Gasteiger partial charge on any atom is -0.494 e. The molecule has 728 valence electrons. The van der Waals surface area contributed by atoms with Crippen LogP contribution in [0, 0.1) is 75.4 Å². The quantitative estimate of drug-likeness (QED) is 0.0274. The van der Waals surface area contributed by atoms with Gasteiger partial charge in [-0.3, -0.25) is 28.9 Å². The Morgan fingerprint density at radius 3 is 1.20 bits per heavy atom. The van der Waals surface area contributed by atoms with Crippen molar-refractivity contribution in [1.82, 2.24) is 14.0 Å². The second-order valence-corrected chi connectivity index (χ2v) is 43.6. The summed E-state index contributed by atoms with van der Waals surface area (Å²) < 4.78 is 15.0. The first-order valence-electron chi connectivity index (χ1n) is 52.2. The van der Waals surface area contributed by atoms with Gasteiger partial charge in [-0.1, -0.05) is 337 Å². The van der Waals surface area contributed by atoms with Crippen molar-refractivity contribution in [3.05, 3.63) is 248 Å². The molecule has 4 heterocycles. The average Bonchev–Trinajstić information content (AvgIpc) is 1.68. The van der Waals surface area contributed by atoms with E-state index in [2.05, 4.69) is 192 Å². The summed E-state index contributed by atoms with van der Waals surface area (Å²) in [6, 6.07) is 57.0. The summed E-state index contributed by atoms with van der Waals surface area (Å²) in [4.78, 5) is 65.0. The molecule has 12 heteroatoms. The van der Waals surface area contributed by atoms with Crippen LogP contribution in [0.2, 0.25) is 0 Å². The van der Waals surface area contributed by atoms with Crippen LogP contribution in [0.5, 0.6) is 11.5 Å². The Hall–Kier alpha value is -10.1. The number of fused-ring (bicyclic) bond motifs is 1. The van der Waals surface area contributed by atoms with E-state index in [1.54, 1.807) is 62.5 Å². The van der Waals surface area contributed by atoms with Crippen LogP contribution in [0.4, 0.5) is 5.69 Å². The van der Waals surface area contributed by atoms with E-state index in [0.29, 0.717) is 17.9 Å². The van der Waals surface area contributed by atoms with Crippen molar-refractivity contribution < 1.29 is 23.9 Å². The molecule has 2 aliphatic heterocycles. The predicted molar refractivity (Wildman–Crippen MR) is 574 cm³/mol. The number of rotatable bonds is 39. The van der Waals surface area contributed by atoms with E-state index in [-0.39, 0.29) is 34.1 Å². The molecule has 10 aromatic rings. The molecule has 0 atom stereocenters. The number of aromatic nitrogens is 2. The third kappa shape index (κ3) is 33.4. The van der Waals surface area contributed by atoms with Crippen molar-refractivity contribution in [3.8, 4) is 17.6 Å². The Bertz CT molecular complexity index is 5440. The molecule has 16 rings (SSSR count). The van der Waals surface area contributed by atoms with Crippen molar-refractivity contribution in [2.75, 3.05) is 24.7 Å². The molecule has 0 unspecified atom stereocenters. The van der Waals surface area contributed by atoms with Gasteiger partial charge in [0.25, 0.3) is 17.0 Å². The lowest BCUT2D eigenvalue weighted by molar-refractivity contribution is -0.121. The monoisotopic (exact) mass is 1830 g/mol. The molecule has 0 spiro atoms. The number of hydrogen-bond acceptors (Lipinski definition) is 8. The van der Waals surface area contributed by atoms with Gasteiger partial charge in [0.15, 0.2) is 5.78 Å². The zero-order chi connectivity index (χ0) is 97.9. The summed E-state index contributed by atoms with van der Waals surface area (Å²) in [7, 11) is 0. The number of allylic oxidation sites excluding steroid dienone is 1. The van der Waals surface area contributed by atoms with Crippen LogP contribution in [0.1, 0.15) is 360 Å². The van der Waals surface area contributed by atoms with Crippen LogP contribution in [-0.4, -0.2) is 51.4 Å². The van der Waals surface area contributed by atoms with Crippen LogP contribution >= 0.6 is 0 Å². The molecule has 5 fully saturated rings. The van der Waals surface area contributed by atoms with Crippen molar-refractivity contribution in [3.63, 3.8) is 0 Å². The van der Waals surface area contributed by atoms with Crippen molar-refractivity contribution in [2.45, 2.75) is 336 Å². The normalized spacial score (nSPS) is 16.8. The fraction of sp³-hybridized carbons (Fsp3) is 0.528. The number of benzene rings is 8. The van der Waals surface area contributed by atoms with Crippen LogP contribution in [0.15, 0.2) is 198 Å². The maximum absolute atomic E-state index is 12.9. The fourth-order valence-corrected chi connectivity index (χ4v) is 21.3. The van der Waals surface area contributed by atoms with Crippen LogP contribution < -0.4 is 36.2 Å². The number of carbonyl (C=O) groups excluding carboxylic acids is 3. The third-order valence-electron chi connectivity index (χ3n) is 27.9. The number of anilines is 1. The smallest absolute Gasteiger partial charge is 0.258 e. The van der Waals surface area contributed by atoms with E-state index in [9.17, 15) is 24.0 Å². The van der Waals surface area contributed by atoms with Gasteiger partial charge in [-0.25, -0.2) is 0 Å². The van der Waals surface area contributed by atoms with Gasteiger partial charge in [0.05, 0.1) is 24.8 Å². The summed E-state index contributed by atoms with van der Waals surface area (Å²) in [5.41, 5.74) is 8.27. The summed E-state index contributed by atoms with van der Waals surface area (Å²) in [5, 5.41) is 18.5. The molecule has 2 aromatic heterocycles. The highest BCUT2D eigenvalue weighted by Crippen LogP contribution is 2.62. The fourth-order valence-electron chi connectivity index (χ4n) is 21.3. The number of ketones is 1. The van der Waals surface area contributed by atoms with Crippen LogP contribution in [-0.2, 0) is 17.9 Å². The first-order chi connectivity index (χ1) is 64.6. The second kappa shape index (κ2) is 54.1. The van der Waals surface area contributed by atoms with Gasteiger partial charge in [0, 0.05) is 103 Å². The Morgan fingerprint density at radius 1 is 0.430 bits per heavy atom. The molecule has 0 N–H and O–H groups in total. The van der Waals surface area contributed by atoms with Gasteiger partial charge in [0.2, 0.25) is 5.91 Å². The molecular formula is C123H169N5O7. The van der Waals surface area contributed by atoms with E-state index in [4.69, 9.17) is 14.7 Å². The second-order valence-electron chi connectivity index (χ2n) is 43.6. The minimum absolute atomic E-state index is 0.0303. The molecule has 4 aliphatic carbocycles. The molecule has 135 heavy (non-hydrogen) atoms. The number of carbonyl (C=O) groups is 3. The summed E-state index contributed by atoms with van der Waals surface area (Å²) in [6.07, 6.45) is 39.2. The lowest BCUT2D eigenvalue weighted by Gasteiger charge is -2.57. The van der Waals surface area contributed by atoms with E-state index in [1.807, 2.05) is 123 Å². The average molecular weight is 1830 g/mol. The number of amides is 2. The zero-order valence-corrected chi connectivity index (χ0v) is 86.3. The number of ether oxygens (including phenoxy) is 2. The van der Waals surface area contributed by atoms with Gasteiger partial charge >= 0.3 is 0 Å². The first kappa shape index (κ1) is 109.